The van der Waals surface area contributed by atoms with Gasteiger partial charge in [-0.15, -0.1) is 0 Å². The molecule has 0 heterocycles. The average molecular weight is 433 g/mol. The van der Waals surface area contributed by atoms with Crippen molar-refractivity contribution in [1.29, 1.82) is 0 Å². The van der Waals surface area contributed by atoms with E-state index in [1.807, 2.05) is 0 Å². The molecule has 8 heteroatoms. The van der Waals surface area contributed by atoms with Crippen molar-refractivity contribution in [2.24, 2.45) is 0 Å². The number of carbonyl (C=O) groups is 2. The Morgan fingerprint density at radius 1 is 0.870 bits per heavy atom. The second-order valence-electron chi connectivity index (χ2n) is 4.76. The summed E-state index contributed by atoms with van der Waals surface area (Å²) in [5.74, 6) is -1.50. The minimum Gasteiger partial charge on any atom is -0.289 e. The molecule has 2 rings (SSSR count). The minimum atomic E-state index is -2.15. The lowest BCUT2D eigenvalue weighted by Gasteiger charge is -2.24. The molecule has 0 fully saturated rings. The topological polar surface area (TPSA) is 34.1 Å². The smallest absolute Gasteiger partial charge is 0.253 e. The van der Waals surface area contributed by atoms with Crippen molar-refractivity contribution in [1.82, 2.24) is 0 Å². The standard InChI is InChI=1S/C15H8Cl6O2/c16-14(17,18)12(22)10-7-11(13(23)15(19,20)21)9-5-3-1-2-4-8(10)6-9/h1-5,7H,6H2. The maximum Gasteiger partial charge on any atom is 0.253 e. The molecule has 0 aliphatic heterocycles. The van der Waals surface area contributed by atoms with Gasteiger partial charge in [-0.05, 0) is 23.6 Å². The molecule has 0 saturated heterocycles. The molecule has 0 aromatic carbocycles. The van der Waals surface area contributed by atoms with E-state index in [1.165, 1.54) is 6.08 Å². The van der Waals surface area contributed by atoms with Gasteiger partial charge in [0.05, 0.1) is 0 Å². The lowest BCUT2D eigenvalue weighted by molar-refractivity contribution is -0.114. The molecular formula is C15H8Cl6O2. The fourth-order valence-electron chi connectivity index (χ4n) is 2.16. The summed E-state index contributed by atoms with van der Waals surface area (Å²) in [4.78, 5) is 24.7. The van der Waals surface area contributed by atoms with Crippen molar-refractivity contribution in [3.63, 3.8) is 0 Å². The molecule has 0 aromatic heterocycles. The first-order valence-corrected chi connectivity index (χ1v) is 8.51. The number of halogens is 6. The fourth-order valence-corrected chi connectivity index (χ4v) is 2.77. The lowest BCUT2D eigenvalue weighted by Crippen LogP contribution is -2.27. The second-order valence-corrected chi connectivity index (χ2v) is 9.33. The Hall–Kier alpha value is -0.220. The summed E-state index contributed by atoms with van der Waals surface area (Å²) >= 11 is 34.1. The molecule has 0 saturated carbocycles. The molecule has 0 radical (unpaired) electrons. The van der Waals surface area contributed by atoms with Crippen LogP contribution in [0.25, 0.3) is 0 Å². The van der Waals surface area contributed by atoms with Crippen LogP contribution in [0.5, 0.6) is 0 Å². The molecule has 0 spiro atoms. The normalized spacial score (nSPS) is 18.2. The summed E-state index contributed by atoms with van der Waals surface area (Å²) in [7, 11) is 0. The third-order valence-electron chi connectivity index (χ3n) is 3.18. The molecule has 2 aliphatic carbocycles. The zero-order valence-electron chi connectivity index (χ0n) is 11.3. The predicted molar refractivity (Wildman–Crippen MR) is 96.7 cm³/mol. The van der Waals surface area contributed by atoms with E-state index in [0.29, 0.717) is 11.1 Å². The van der Waals surface area contributed by atoms with E-state index in [2.05, 4.69) is 0 Å². The molecule has 122 valence electrons. The van der Waals surface area contributed by atoms with Gasteiger partial charge in [0.1, 0.15) is 0 Å². The van der Waals surface area contributed by atoms with Crippen LogP contribution in [0.3, 0.4) is 0 Å². The third-order valence-corrected chi connectivity index (χ3v) is 4.21. The van der Waals surface area contributed by atoms with Crippen molar-refractivity contribution in [3.8, 4) is 0 Å². The number of hydrogen-bond donors (Lipinski definition) is 0. The number of fused-ring (bicyclic) bond motifs is 2. The third kappa shape index (κ3) is 4.45. The van der Waals surface area contributed by atoms with Crippen molar-refractivity contribution >= 4 is 81.2 Å². The monoisotopic (exact) mass is 430 g/mol. The van der Waals surface area contributed by atoms with Gasteiger partial charge in [-0.25, -0.2) is 0 Å². The van der Waals surface area contributed by atoms with Gasteiger partial charge in [0.25, 0.3) is 7.59 Å². The van der Waals surface area contributed by atoms with Crippen LogP contribution in [0.15, 0.2) is 58.7 Å². The van der Waals surface area contributed by atoms with Crippen LogP contribution in [0.4, 0.5) is 0 Å². The van der Waals surface area contributed by atoms with E-state index in [4.69, 9.17) is 69.6 Å². The summed E-state index contributed by atoms with van der Waals surface area (Å²) < 4.78 is -4.31. The highest BCUT2D eigenvalue weighted by Crippen LogP contribution is 2.40. The van der Waals surface area contributed by atoms with E-state index < -0.39 is 19.2 Å². The number of alkyl halides is 6. The van der Waals surface area contributed by atoms with Crippen LogP contribution in [0.1, 0.15) is 6.42 Å². The number of carbonyl (C=O) groups excluding carboxylic acids is 2. The SMILES string of the molecule is O=C(C1=CC(C(=O)C(Cl)(Cl)Cl)=C2C=CC=CC=C1C2)C(Cl)(Cl)Cl. The Bertz CT molecular complexity index is 711. The molecule has 23 heavy (non-hydrogen) atoms. The average Bonchev–Trinajstić information content (AvgIpc) is 2.40. The Balaban J connectivity index is 2.65. The molecule has 2 nitrogen and oxygen atoms in total. The van der Waals surface area contributed by atoms with Gasteiger partial charge in [0.2, 0.25) is 11.6 Å². The first-order chi connectivity index (χ1) is 10.5. The van der Waals surface area contributed by atoms with Gasteiger partial charge in [0, 0.05) is 11.1 Å². The summed E-state index contributed by atoms with van der Waals surface area (Å²) in [6, 6.07) is 0. The molecular weight excluding hydrogens is 425 g/mol. The zero-order valence-corrected chi connectivity index (χ0v) is 15.8. The fraction of sp³-hybridized carbons (Fsp3) is 0.200. The Morgan fingerprint density at radius 3 is 2.04 bits per heavy atom. The first-order valence-electron chi connectivity index (χ1n) is 6.24. The van der Waals surface area contributed by atoms with Gasteiger partial charge >= 0.3 is 0 Å². The summed E-state index contributed by atoms with van der Waals surface area (Å²) in [5, 5.41) is 0. The highest BCUT2D eigenvalue weighted by molar-refractivity contribution is 6.78. The van der Waals surface area contributed by atoms with Crippen LogP contribution in [0.2, 0.25) is 0 Å². The maximum atomic E-state index is 12.4. The first kappa shape index (κ1) is 19.1. The number of rotatable bonds is 2. The largest absolute Gasteiger partial charge is 0.289 e. The molecule has 2 aliphatic rings. The number of allylic oxidation sites excluding steroid dienone is 10. The highest BCUT2D eigenvalue weighted by Gasteiger charge is 2.39. The Morgan fingerprint density at radius 2 is 1.48 bits per heavy atom. The van der Waals surface area contributed by atoms with Gasteiger partial charge in [-0.1, -0.05) is 100.0 Å². The lowest BCUT2D eigenvalue weighted by atomic mass is 9.84. The van der Waals surface area contributed by atoms with Crippen LogP contribution in [-0.4, -0.2) is 19.2 Å². The van der Waals surface area contributed by atoms with Gasteiger partial charge in [-0.3, -0.25) is 9.59 Å². The van der Waals surface area contributed by atoms with E-state index in [9.17, 15) is 9.59 Å². The molecule has 2 bridgehead atoms. The van der Waals surface area contributed by atoms with Crippen molar-refractivity contribution < 1.29 is 9.59 Å². The molecule has 0 aromatic rings. The van der Waals surface area contributed by atoms with Crippen LogP contribution >= 0.6 is 69.6 Å². The number of hydrogen-bond acceptors (Lipinski definition) is 2. The summed E-state index contributed by atoms with van der Waals surface area (Å²) in [6.07, 6.45) is 10.2. The Labute approximate surface area is 163 Å². The van der Waals surface area contributed by atoms with E-state index in [-0.39, 0.29) is 17.6 Å². The van der Waals surface area contributed by atoms with Crippen LogP contribution in [-0.2, 0) is 9.59 Å². The van der Waals surface area contributed by atoms with Crippen LogP contribution < -0.4 is 0 Å². The van der Waals surface area contributed by atoms with E-state index >= 15 is 0 Å². The van der Waals surface area contributed by atoms with Gasteiger partial charge in [-0.2, -0.15) is 0 Å². The maximum absolute atomic E-state index is 12.4. The molecule has 0 unspecified atom stereocenters. The van der Waals surface area contributed by atoms with Gasteiger partial charge in [0.15, 0.2) is 0 Å². The second kappa shape index (κ2) is 6.95. The van der Waals surface area contributed by atoms with Crippen molar-refractivity contribution in [2.45, 2.75) is 14.0 Å². The number of ketones is 2. The molecule has 0 atom stereocenters. The van der Waals surface area contributed by atoms with Crippen LogP contribution in [0, 0.1) is 0 Å². The van der Waals surface area contributed by atoms with Crippen molar-refractivity contribution in [2.75, 3.05) is 0 Å². The van der Waals surface area contributed by atoms with E-state index in [0.717, 1.165) is 0 Å². The molecule has 0 amide bonds. The summed E-state index contributed by atoms with van der Waals surface area (Å²) in [6.45, 7) is 0. The minimum absolute atomic E-state index is 0.103. The van der Waals surface area contributed by atoms with Gasteiger partial charge < -0.3 is 0 Å². The van der Waals surface area contributed by atoms with Crippen molar-refractivity contribution in [3.05, 3.63) is 58.7 Å². The highest BCUT2D eigenvalue weighted by atomic mass is 35.6. The number of Topliss-reactive ketones (excluding diaryl/α,β-unsaturated/α-hetero) is 2. The zero-order chi connectivity index (χ0) is 17.4. The van der Waals surface area contributed by atoms with E-state index in [1.54, 1.807) is 30.4 Å². The molecule has 0 N–H and O–H groups in total. The quantitative estimate of drug-likeness (QED) is 0.536. The summed E-state index contributed by atoms with van der Waals surface area (Å²) in [5.41, 5.74) is 1.42. The predicted octanol–water partition coefficient (Wildman–Crippen LogP) is 5.54. The Kier molecular flexibility index (Phi) is 5.78.